The van der Waals surface area contributed by atoms with Crippen molar-refractivity contribution in [1.82, 2.24) is 10.2 Å². The molecule has 1 heterocycles. The Bertz CT molecular complexity index is 834. The molecular weight excluding hydrogens is 404 g/mol. The quantitative estimate of drug-likeness (QED) is 0.592. The van der Waals surface area contributed by atoms with Crippen molar-refractivity contribution in [2.75, 3.05) is 26.7 Å². The van der Waals surface area contributed by atoms with Crippen LogP contribution in [0.1, 0.15) is 61.1 Å². The number of hydrogen-bond acceptors (Lipinski definition) is 3. The molecule has 4 rings (SSSR count). The highest BCUT2D eigenvalue weighted by Gasteiger charge is 2.40. The summed E-state index contributed by atoms with van der Waals surface area (Å²) < 4.78 is 0. The normalized spacial score (nSPS) is 22.5. The summed E-state index contributed by atoms with van der Waals surface area (Å²) in [5.74, 6) is 0.115. The van der Waals surface area contributed by atoms with Crippen molar-refractivity contribution in [3.63, 3.8) is 0 Å². The number of likely N-dealkylation sites (tertiary alicyclic amines) is 1. The molecular formula is C27H37ClN2O. The summed E-state index contributed by atoms with van der Waals surface area (Å²) in [4.78, 5) is 2.52. The highest BCUT2D eigenvalue weighted by molar-refractivity contribution is 6.31. The highest BCUT2D eigenvalue weighted by atomic mass is 35.5. The lowest BCUT2D eigenvalue weighted by Gasteiger charge is -2.41. The second-order valence-corrected chi connectivity index (χ2v) is 9.99. The second-order valence-electron chi connectivity index (χ2n) is 9.59. The van der Waals surface area contributed by atoms with Gasteiger partial charge in [0, 0.05) is 30.1 Å². The van der Waals surface area contributed by atoms with Crippen molar-refractivity contribution in [1.29, 1.82) is 0 Å². The maximum Gasteiger partial charge on any atom is 0.0728 e. The van der Waals surface area contributed by atoms with Crippen LogP contribution in [-0.2, 0) is 12.8 Å². The van der Waals surface area contributed by atoms with Gasteiger partial charge in [0.25, 0.3) is 0 Å². The maximum absolute atomic E-state index is 11.7. The van der Waals surface area contributed by atoms with E-state index in [9.17, 15) is 5.11 Å². The van der Waals surface area contributed by atoms with Crippen LogP contribution in [0.3, 0.4) is 0 Å². The standard InChI is InChI=1S/C27H37ClN2O/c1-29-24-14-17-30(19-24)20-25(27(31)15-6-3-7-16-27)23-13-12-22(26(28)18-23)11-10-21-8-4-2-5-9-21/h2,4-5,8-9,12-13,18,24-25,29,31H,3,6-7,10-11,14-17,19-20H2,1H3/t24-,25?/m1/s1. The van der Waals surface area contributed by atoms with E-state index in [2.05, 4.69) is 58.7 Å². The van der Waals surface area contributed by atoms with Crippen LogP contribution in [0.25, 0.3) is 0 Å². The molecule has 168 valence electrons. The van der Waals surface area contributed by atoms with Gasteiger partial charge in [-0.3, -0.25) is 0 Å². The molecule has 1 unspecified atom stereocenters. The molecule has 2 fully saturated rings. The fourth-order valence-electron chi connectivity index (χ4n) is 5.50. The molecule has 0 spiro atoms. The molecule has 3 nitrogen and oxygen atoms in total. The summed E-state index contributed by atoms with van der Waals surface area (Å²) in [5, 5.41) is 15.9. The van der Waals surface area contributed by atoms with Gasteiger partial charge in [0.2, 0.25) is 0 Å². The Morgan fingerprint density at radius 3 is 2.55 bits per heavy atom. The second kappa shape index (κ2) is 10.5. The predicted octanol–water partition coefficient (Wildman–Crippen LogP) is 5.20. The van der Waals surface area contributed by atoms with Gasteiger partial charge in [0.1, 0.15) is 0 Å². The molecule has 0 amide bonds. The van der Waals surface area contributed by atoms with Crippen molar-refractivity contribution in [2.45, 2.75) is 68.9 Å². The van der Waals surface area contributed by atoms with Gasteiger partial charge in [-0.25, -0.2) is 0 Å². The fraction of sp³-hybridized carbons (Fsp3) is 0.556. The fourth-order valence-corrected chi connectivity index (χ4v) is 5.78. The third-order valence-electron chi connectivity index (χ3n) is 7.49. The molecule has 1 saturated carbocycles. The minimum atomic E-state index is -0.620. The largest absolute Gasteiger partial charge is 0.389 e. The van der Waals surface area contributed by atoms with Gasteiger partial charge in [0.15, 0.2) is 0 Å². The Hall–Kier alpha value is -1.39. The third kappa shape index (κ3) is 5.70. The van der Waals surface area contributed by atoms with E-state index in [1.807, 2.05) is 7.05 Å². The molecule has 2 atom stereocenters. The zero-order chi connectivity index (χ0) is 21.7. The zero-order valence-corrected chi connectivity index (χ0v) is 19.6. The molecule has 1 aliphatic carbocycles. The molecule has 2 aliphatic rings. The Labute approximate surface area is 192 Å². The van der Waals surface area contributed by atoms with Crippen LogP contribution in [0.2, 0.25) is 5.02 Å². The number of benzene rings is 2. The first-order chi connectivity index (χ1) is 15.1. The zero-order valence-electron chi connectivity index (χ0n) is 18.8. The summed E-state index contributed by atoms with van der Waals surface area (Å²) >= 11 is 6.78. The van der Waals surface area contributed by atoms with E-state index in [0.717, 1.165) is 63.2 Å². The number of nitrogens with zero attached hydrogens (tertiary/aromatic N) is 1. The Morgan fingerprint density at radius 1 is 1.10 bits per heavy atom. The van der Waals surface area contributed by atoms with Crippen LogP contribution in [0.4, 0.5) is 0 Å². The number of halogens is 1. The van der Waals surface area contributed by atoms with Gasteiger partial charge in [-0.15, -0.1) is 0 Å². The van der Waals surface area contributed by atoms with E-state index in [4.69, 9.17) is 11.6 Å². The van der Waals surface area contributed by atoms with E-state index in [1.54, 1.807) is 0 Å². The topological polar surface area (TPSA) is 35.5 Å². The minimum absolute atomic E-state index is 0.115. The Balaban J connectivity index is 1.52. The van der Waals surface area contributed by atoms with Gasteiger partial charge in [-0.2, -0.15) is 0 Å². The van der Waals surface area contributed by atoms with E-state index in [0.29, 0.717) is 6.04 Å². The van der Waals surface area contributed by atoms with Crippen LogP contribution in [0.5, 0.6) is 0 Å². The van der Waals surface area contributed by atoms with Gasteiger partial charge >= 0.3 is 0 Å². The number of nitrogens with one attached hydrogen (secondary N) is 1. The van der Waals surface area contributed by atoms with Crippen molar-refractivity contribution in [3.05, 3.63) is 70.2 Å². The van der Waals surface area contributed by atoms with Crippen LogP contribution in [0.15, 0.2) is 48.5 Å². The summed E-state index contributed by atoms with van der Waals surface area (Å²) in [6, 6.07) is 17.7. The first-order valence-electron chi connectivity index (χ1n) is 12.0. The molecule has 2 aromatic carbocycles. The first-order valence-corrected chi connectivity index (χ1v) is 12.4. The summed E-state index contributed by atoms with van der Waals surface area (Å²) in [7, 11) is 2.05. The SMILES string of the molecule is CN[C@@H]1CCN(CC(c2ccc(CCc3ccccc3)c(Cl)c2)C2(O)CCCCC2)C1. The Morgan fingerprint density at radius 2 is 1.87 bits per heavy atom. The molecule has 0 aromatic heterocycles. The molecule has 4 heteroatoms. The molecule has 1 saturated heterocycles. The third-order valence-corrected chi connectivity index (χ3v) is 7.85. The van der Waals surface area contributed by atoms with Gasteiger partial charge < -0.3 is 15.3 Å². The average molecular weight is 441 g/mol. The smallest absolute Gasteiger partial charge is 0.0728 e. The number of hydrogen-bond donors (Lipinski definition) is 2. The molecule has 2 aromatic rings. The van der Waals surface area contributed by atoms with Gasteiger partial charge in [0.05, 0.1) is 5.60 Å². The minimum Gasteiger partial charge on any atom is -0.389 e. The predicted molar refractivity (Wildman–Crippen MR) is 130 cm³/mol. The van der Waals surface area contributed by atoms with E-state index >= 15 is 0 Å². The first kappa shape index (κ1) is 22.8. The number of rotatable bonds is 8. The highest BCUT2D eigenvalue weighted by Crippen LogP contribution is 2.41. The van der Waals surface area contributed by atoms with Crippen molar-refractivity contribution in [3.8, 4) is 0 Å². The monoisotopic (exact) mass is 440 g/mol. The maximum atomic E-state index is 11.7. The summed E-state index contributed by atoms with van der Waals surface area (Å²) in [6.07, 6.45) is 8.38. The lowest BCUT2D eigenvalue weighted by molar-refractivity contribution is -0.0295. The molecule has 0 bridgehead atoms. The molecule has 2 N–H and O–H groups in total. The van der Waals surface area contributed by atoms with Crippen molar-refractivity contribution < 1.29 is 5.11 Å². The van der Waals surface area contributed by atoms with Gasteiger partial charge in [-0.1, -0.05) is 73.3 Å². The number of aryl methyl sites for hydroxylation is 2. The van der Waals surface area contributed by atoms with E-state index in [1.165, 1.54) is 29.5 Å². The summed E-state index contributed by atoms with van der Waals surface area (Å²) in [5.41, 5.74) is 3.11. The van der Waals surface area contributed by atoms with Gasteiger partial charge in [-0.05, 0) is 68.5 Å². The van der Waals surface area contributed by atoms with Crippen LogP contribution in [0, 0.1) is 0 Å². The summed E-state index contributed by atoms with van der Waals surface area (Å²) in [6.45, 7) is 3.07. The van der Waals surface area contributed by atoms with Crippen molar-refractivity contribution in [2.24, 2.45) is 0 Å². The van der Waals surface area contributed by atoms with Crippen LogP contribution in [-0.4, -0.2) is 48.3 Å². The van der Waals surface area contributed by atoms with E-state index < -0.39 is 5.60 Å². The van der Waals surface area contributed by atoms with Crippen LogP contribution < -0.4 is 5.32 Å². The van der Waals surface area contributed by atoms with E-state index in [-0.39, 0.29) is 5.92 Å². The van der Waals surface area contributed by atoms with Crippen molar-refractivity contribution >= 4 is 11.6 Å². The number of aliphatic hydroxyl groups is 1. The molecule has 1 aliphatic heterocycles. The molecule has 31 heavy (non-hydrogen) atoms. The van der Waals surface area contributed by atoms with Crippen LogP contribution >= 0.6 is 11.6 Å². The number of likely N-dealkylation sites (N-methyl/N-ethyl adjacent to an activating group) is 1. The lowest BCUT2D eigenvalue weighted by atomic mass is 9.72. The Kier molecular flexibility index (Phi) is 7.71. The molecule has 0 radical (unpaired) electrons. The lowest BCUT2D eigenvalue weighted by Crippen LogP contribution is -2.44. The average Bonchev–Trinajstić information content (AvgIpc) is 3.26.